The molecule has 2 N–H and O–H groups in total. The normalized spacial score (nSPS) is 12.2. The number of rotatable bonds is 5. The van der Waals surface area contributed by atoms with Crippen LogP contribution in [0.1, 0.15) is 40.6 Å². The molecule has 0 fully saturated rings. The van der Waals surface area contributed by atoms with E-state index in [9.17, 15) is 9.59 Å². The molecule has 1 aromatic heterocycles. The molecule has 0 spiro atoms. The lowest BCUT2D eigenvalue weighted by molar-refractivity contribution is -0.138. The molecule has 1 amide bonds. The Labute approximate surface area is 104 Å². The van der Waals surface area contributed by atoms with Crippen molar-refractivity contribution in [2.75, 3.05) is 0 Å². The lowest BCUT2D eigenvalue weighted by Crippen LogP contribution is -2.38. The molecular weight excluding hydrogens is 240 g/mol. The summed E-state index contributed by atoms with van der Waals surface area (Å²) < 4.78 is 0. The molecular formula is C11H16N2O3S. The van der Waals surface area contributed by atoms with Gasteiger partial charge < -0.3 is 10.4 Å². The zero-order chi connectivity index (χ0) is 13.0. The van der Waals surface area contributed by atoms with E-state index in [1.165, 1.54) is 18.3 Å². The number of carboxylic acids is 1. The van der Waals surface area contributed by atoms with Gasteiger partial charge in [0.15, 0.2) is 0 Å². The molecule has 0 saturated heterocycles. The van der Waals surface area contributed by atoms with E-state index in [4.69, 9.17) is 5.11 Å². The Hall–Kier alpha value is -1.43. The predicted molar refractivity (Wildman–Crippen MR) is 65.4 cm³/mol. The van der Waals surface area contributed by atoms with Crippen molar-refractivity contribution in [2.24, 2.45) is 0 Å². The van der Waals surface area contributed by atoms with Crippen LogP contribution in [0.5, 0.6) is 0 Å². The minimum Gasteiger partial charge on any atom is -0.480 e. The van der Waals surface area contributed by atoms with E-state index in [-0.39, 0.29) is 5.91 Å². The first-order valence-electron chi connectivity index (χ1n) is 5.45. The van der Waals surface area contributed by atoms with Crippen LogP contribution in [0.3, 0.4) is 0 Å². The molecule has 94 valence electrons. The number of carbonyl (C=O) groups is 2. The van der Waals surface area contributed by atoms with Gasteiger partial charge in [0.1, 0.15) is 10.9 Å². The number of hydrogen-bond acceptors (Lipinski definition) is 4. The maximum atomic E-state index is 11.8. The van der Waals surface area contributed by atoms with Crippen LogP contribution >= 0.6 is 11.3 Å². The van der Waals surface area contributed by atoms with E-state index >= 15 is 0 Å². The fourth-order valence-corrected chi connectivity index (χ4v) is 2.38. The number of nitrogens with zero attached hydrogens (tertiary/aromatic N) is 1. The van der Waals surface area contributed by atoms with Gasteiger partial charge in [0, 0.05) is 0 Å². The Bertz CT molecular complexity index is 428. The minimum absolute atomic E-state index is 0.364. The first-order chi connectivity index (χ1) is 7.95. The van der Waals surface area contributed by atoms with Gasteiger partial charge in [-0.3, -0.25) is 9.59 Å². The summed E-state index contributed by atoms with van der Waals surface area (Å²) in [7, 11) is 0. The SMILES string of the molecule is CCCc1nc(C)c(C(=O)N[C@H](C)C(=O)O)s1. The molecule has 0 saturated carbocycles. The van der Waals surface area contributed by atoms with E-state index in [1.807, 2.05) is 6.92 Å². The zero-order valence-electron chi connectivity index (χ0n) is 10.1. The van der Waals surface area contributed by atoms with Gasteiger partial charge in [-0.1, -0.05) is 6.92 Å². The Morgan fingerprint density at radius 3 is 2.71 bits per heavy atom. The Kier molecular flexibility index (Phi) is 4.62. The monoisotopic (exact) mass is 256 g/mol. The van der Waals surface area contributed by atoms with Crippen molar-refractivity contribution in [2.45, 2.75) is 39.7 Å². The van der Waals surface area contributed by atoms with Gasteiger partial charge in [-0.15, -0.1) is 11.3 Å². The fourth-order valence-electron chi connectivity index (χ4n) is 1.31. The molecule has 0 radical (unpaired) electrons. The quantitative estimate of drug-likeness (QED) is 0.838. The van der Waals surface area contributed by atoms with Crippen LogP contribution in [0.2, 0.25) is 0 Å². The molecule has 5 nitrogen and oxygen atoms in total. The predicted octanol–water partition coefficient (Wildman–Crippen LogP) is 1.61. The van der Waals surface area contributed by atoms with Crippen molar-refractivity contribution in [3.63, 3.8) is 0 Å². The van der Waals surface area contributed by atoms with Crippen LogP contribution in [-0.2, 0) is 11.2 Å². The van der Waals surface area contributed by atoms with Gasteiger partial charge in [0.2, 0.25) is 0 Å². The summed E-state index contributed by atoms with van der Waals surface area (Å²) in [6.07, 6.45) is 1.81. The highest BCUT2D eigenvalue weighted by atomic mass is 32.1. The average molecular weight is 256 g/mol. The van der Waals surface area contributed by atoms with Crippen molar-refractivity contribution < 1.29 is 14.7 Å². The van der Waals surface area contributed by atoms with Gasteiger partial charge in [0.25, 0.3) is 5.91 Å². The molecule has 1 rings (SSSR count). The molecule has 0 aliphatic heterocycles. The van der Waals surface area contributed by atoms with E-state index in [0.717, 1.165) is 17.8 Å². The lowest BCUT2D eigenvalue weighted by Gasteiger charge is -2.07. The molecule has 0 unspecified atom stereocenters. The second-order valence-corrected chi connectivity index (χ2v) is 4.89. The topological polar surface area (TPSA) is 79.3 Å². The van der Waals surface area contributed by atoms with Crippen LogP contribution in [0.25, 0.3) is 0 Å². The molecule has 0 aliphatic rings. The van der Waals surface area contributed by atoms with Crippen LogP contribution < -0.4 is 5.32 Å². The van der Waals surface area contributed by atoms with Crippen LogP contribution in [0.4, 0.5) is 0 Å². The van der Waals surface area contributed by atoms with Crippen LogP contribution in [0, 0.1) is 6.92 Å². The number of hydrogen-bond donors (Lipinski definition) is 2. The second-order valence-electron chi connectivity index (χ2n) is 3.81. The van der Waals surface area contributed by atoms with Crippen LogP contribution in [0.15, 0.2) is 0 Å². The standard InChI is InChI=1S/C11H16N2O3S/c1-4-5-8-12-6(2)9(17-8)10(14)13-7(3)11(15)16/h7H,4-5H2,1-3H3,(H,13,14)(H,15,16)/t7-/m1/s1. The van der Waals surface area contributed by atoms with Crippen molar-refractivity contribution in [3.05, 3.63) is 15.6 Å². The number of carbonyl (C=O) groups excluding carboxylic acids is 1. The maximum absolute atomic E-state index is 11.8. The Balaban J connectivity index is 2.78. The average Bonchev–Trinajstić information content (AvgIpc) is 2.59. The molecule has 6 heteroatoms. The van der Waals surface area contributed by atoms with E-state index in [0.29, 0.717) is 10.6 Å². The molecule has 0 aliphatic carbocycles. The van der Waals surface area contributed by atoms with Gasteiger partial charge in [-0.25, -0.2) is 4.98 Å². The third-order valence-corrected chi connectivity index (χ3v) is 3.44. The van der Waals surface area contributed by atoms with Crippen molar-refractivity contribution in [1.29, 1.82) is 0 Å². The highest BCUT2D eigenvalue weighted by Gasteiger charge is 2.19. The number of aliphatic carboxylic acids is 1. The molecule has 1 aromatic rings. The Morgan fingerprint density at radius 2 is 2.18 bits per heavy atom. The van der Waals surface area contributed by atoms with E-state index < -0.39 is 12.0 Å². The summed E-state index contributed by atoms with van der Waals surface area (Å²) in [6, 6.07) is -0.890. The third kappa shape index (κ3) is 3.52. The summed E-state index contributed by atoms with van der Waals surface area (Å²) in [4.78, 5) is 27.2. The fraction of sp³-hybridized carbons (Fsp3) is 0.545. The summed E-state index contributed by atoms with van der Waals surface area (Å²) in [5.41, 5.74) is 0.661. The smallest absolute Gasteiger partial charge is 0.325 e. The van der Waals surface area contributed by atoms with Gasteiger partial charge in [0.05, 0.1) is 10.7 Å². The molecule has 0 bridgehead atoms. The van der Waals surface area contributed by atoms with Crippen molar-refractivity contribution in [3.8, 4) is 0 Å². The molecule has 0 aromatic carbocycles. The number of aromatic nitrogens is 1. The first-order valence-corrected chi connectivity index (χ1v) is 6.27. The molecule has 1 heterocycles. The number of aryl methyl sites for hydroxylation is 2. The summed E-state index contributed by atoms with van der Waals surface area (Å²) in [5.74, 6) is -1.41. The van der Waals surface area contributed by atoms with Crippen molar-refractivity contribution in [1.82, 2.24) is 10.3 Å². The number of carboxylic acid groups (broad SMARTS) is 1. The van der Waals surface area contributed by atoms with E-state index in [1.54, 1.807) is 6.92 Å². The second kappa shape index (κ2) is 5.77. The third-order valence-electron chi connectivity index (χ3n) is 2.23. The highest BCUT2D eigenvalue weighted by Crippen LogP contribution is 2.19. The van der Waals surface area contributed by atoms with Crippen molar-refractivity contribution >= 4 is 23.2 Å². The van der Waals surface area contributed by atoms with Gasteiger partial charge in [-0.05, 0) is 26.7 Å². The lowest BCUT2D eigenvalue weighted by atomic mass is 10.3. The molecule has 1 atom stereocenters. The summed E-state index contributed by atoms with van der Waals surface area (Å²) in [5, 5.41) is 12.0. The summed E-state index contributed by atoms with van der Waals surface area (Å²) >= 11 is 1.33. The number of thiazole rings is 1. The minimum atomic E-state index is -1.05. The number of amides is 1. The highest BCUT2D eigenvalue weighted by molar-refractivity contribution is 7.13. The number of nitrogens with one attached hydrogen (secondary N) is 1. The van der Waals surface area contributed by atoms with Gasteiger partial charge >= 0.3 is 5.97 Å². The van der Waals surface area contributed by atoms with E-state index in [2.05, 4.69) is 10.3 Å². The summed E-state index contributed by atoms with van der Waals surface area (Å²) in [6.45, 7) is 5.24. The maximum Gasteiger partial charge on any atom is 0.325 e. The first kappa shape index (κ1) is 13.6. The zero-order valence-corrected chi connectivity index (χ0v) is 10.9. The molecule has 17 heavy (non-hydrogen) atoms. The largest absolute Gasteiger partial charge is 0.480 e. The Morgan fingerprint density at radius 1 is 1.53 bits per heavy atom. The van der Waals surface area contributed by atoms with Crippen LogP contribution in [-0.4, -0.2) is 28.0 Å². The van der Waals surface area contributed by atoms with Gasteiger partial charge in [-0.2, -0.15) is 0 Å².